The summed E-state index contributed by atoms with van der Waals surface area (Å²) in [6.07, 6.45) is 3.25. The molecule has 1 atom stereocenters. The zero-order valence-electron chi connectivity index (χ0n) is 9.69. The minimum absolute atomic E-state index is 0.0708. The number of hydrogen-bond donors (Lipinski definition) is 1. The standard InChI is InChI=1S/C13H17Cl2N/c1-12(2)6-3-7-13(12,16)10-8-9(14)4-5-11(10)15/h4-5,8H,3,6-7,16H2,1-2H3. The summed E-state index contributed by atoms with van der Waals surface area (Å²) in [4.78, 5) is 0. The Hall–Kier alpha value is -0.240. The predicted octanol–water partition coefficient (Wildman–Crippen LogP) is 4.36. The van der Waals surface area contributed by atoms with Crippen LogP contribution in [0, 0.1) is 5.41 Å². The van der Waals surface area contributed by atoms with Gasteiger partial charge in [0.05, 0.1) is 0 Å². The van der Waals surface area contributed by atoms with Crippen LogP contribution < -0.4 is 5.73 Å². The number of hydrogen-bond acceptors (Lipinski definition) is 1. The highest BCUT2D eigenvalue weighted by Gasteiger charge is 2.47. The van der Waals surface area contributed by atoms with Gasteiger partial charge in [0.2, 0.25) is 0 Å². The second kappa shape index (κ2) is 3.90. The normalized spacial score (nSPS) is 28.3. The molecule has 1 aromatic carbocycles. The van der Waals surface area contributed by atoms with Gasteiger partial charge in [-0.15, -0.1) is 0 Å². The Labute approximate surface area is 107 Å². The Balaban J connectivity index is 2.55. The Bertz CT molecular complexity index is 414. The average Bonchev–Trinajstić information content (AvgIpc) is 2.46. The molecule has 1 aliphatic carbocycles. The lowest BCUT2D eigenvalue weighted by Gasteiger charge is -2.39. The van der Waals surface area contributed by atoms with Gasteiger partial charge in [0.15, 0.2) is 0 Å². The topological polar surface area (TPSA) is 26.0 Å². The molecular weight excluding hydrogens is 241 g/mol. The van der Waals surface area contributed by atoms with E-state index in [1.807, 2.05) is 12.1 Å². The van der Waals surface area contributed by atoms with Gasteiger partial charge in [0.25, 0.3) is 0 Å². The van der Waals surface area contributed by atoms with E-state index in [0.29, 0.717) is 5.02 Å². The molecule has 1 aliphatic rings. The van der Waals surface area contributed by atoms with E-state index in [2.05, 4.69) is 13.8 Å². The summed E-state index contributed by atoms with van der Waals surface area (Å²) in [5.41, 5.74) is 7.29. The molecule has 0 bridgehead atoms. The van der Waals surface area contributed by atoms with E-state index in [1.54, 1.807) is 6.07 Å². The second-order valence-electron chi connectivity index (χ2n) is 5.33. The molecule has 88 valence electrons. The molecule has 0 amide bonds. The third kappa shape index (κ3) is 1.75. The summed E-state index contributed by atoms with van der Waals surface area (Å²) in [7, 11) is 0. The summed E-state index contributed by atoms with van der Waals surface area (Å²) >= 11 is 12.3. The van der Waals surface area contributed by atoms with Gasteiger partial charge in [-0.05, 0) is 42.0 Å². The van der Waals surface area contributed by atoms with Crippen molar-refractivity contribution in [2.75, 3.05) is 0 Å². The van der Waals surface area contributed by atoms with Crippen LogP contribution in [-0.2, 0) is 5.54 Å². The van der Waals surface area contributed by atoms with Gasteiger partial charge in [-0.3, -0.25) is 0 Å². The molecule has 1 unspecified atom stereocenters. The fraction of sp³-hybridized carbons (Fsp3) is 0.538. The van der Waals surface area contributed by atoms with Crippen molar-refractivity contribution in [1.82, 2.24) is 0 Å². The van der Waals surface area contributed by atoms with Crippen LogP contribution in [-0.4, -0.2) is 0 Å². The van der Waals surface area contributed by atoms with Crippen LogP contribution in [0.1, 0.15) is 38.7 Å². The zero-order chi connectivity index (χ0) is 12.0. The van der Waals surface area contributed by atoms with Crippen LogP contribution in [0.2, 0.25) is 10.0 Å². The summed E-state index contributed by atoms with van der Waals surface area (Å²) in [6, 6.07) is 5.55. The number of benzene rings is 1. The molecule has 0 aromatic heterocycles. The molecule has 0 saturated heterocycles. The molecule has 16 heavy (non-hydrogen) atoms. The molecule has 1 nitrogen and oxygen atoms in total. The van der Waals surface area contributed by atoms with Gasteiger partial charge >= 0.3 is 0 Å². The first kappa shape index (κ1) is 12.2. The van der Waals surface area contributed by atoms with Gasteiger partial charge in [0.1, 0.15) is 0 Å². The minimum atomic E-state index is -0.352. The van der Waals surface area contributed by atoms with Crippen LogP contribution in [0.5, 0.6) is 0 Å². The third-order valence-electron chi connectivity index (χ3n) is 3.99. The average molecular weight is 258 g/mol. The highest BCUT2D eigenvalue weighted by Crippen LogP contribution is 2.52. The molecule has 0 aliphatic heterocycles. The molecular formula is C13H17Cl2N. The fourth-order valence-corrected chi connectivity index (χ4v) is 3.17. The van der Waals surface area contributed by atoms with Gasteiger partial charge < -0.3 is 5.73 Å². The molecule has 1 aromatic rings. The first-order valence-corrected chi connectivity index (χ1v) is 6.37. The van der Waals surface area contributed by atoms with Crippen molar-refractivity contribution in [3.05, 3.63) is 33.8 Å². The Kier molecular flexibility index (Phi) is 2.98. The van der Waals surface area contributed by atoms with Crippen molar-refractivity contribution >= 4 is 23.2 Å². The SMILES string of the molecule is CC1(C)CCCC1(N)c1cc(Cl)ccc1Cl. The monoisotopic (exact) mass is 257 g/mol. The quantitative estimate of drug-likeness (QED) is 0.795. The number of halogens is 2. The van der Waals surface area contributed by atoms with Crippen molar-refractivity contribution in [2.24, 2.45) is 11.1 Å². The van der Waals surface area contributed by atoms with E-state index in [9.17, 15) is 0 Å². The predicted molar refractivity (Wildman–Crippen MR) is 70.0 cm³/mol. The summed E-state index contributed by atoms with van der Waals surface area (Å²) in [5, 5.41) is 1.42. The van der Waals surface area contributed by atoms with E-state index in [-0.39, 0.29) is 11.0 Å². The van der Waals surface area contributed by atoms with Crippen molar-refractivity contribution in [2.45, 2.75) is 38.6 Å². The lowest BCUT2D eigenvalue weighted by Crippen LogP contribution is -2.45. The Morgan fingerprint density at radius 3 is 2.44 bits per heavy atom. The van der Waals surface area contributed by atoms with Crippen molar-refractivity contribution < 1.29 is 0 Å². The van der Waals surface area contributed by atoms with E-state index in [4.69, 9.17) is 28.9 Å². The summed E-state index contributed by atoms with van der Waals surface area (Å²) in [6.45, 7) is 4.41. The van der Waals surface area contributed by atoms with Crippen LogP contribution in [0.3, 0.4) is 0 Å². The third-order valence-corrected chi connectivity index (χ3v) is 4.55. The summed E-state index contributed by atoms with van der Waals surface area (Å²) in [5.74, 6) is 0. The molecule has 1 saturated carbocycles. The number of rotatable bonds is 1. The Morgan fingerprint density at radius 1 is 1.19 bits per heavy atom. The lowest BCUT2D eigenvalue weighted by molar-refractivity contribution is 0.210. The first-order chi connectivity index (χ1) is 7.37. The van der Waals surface area contributed by atoms with Crippen LogP contribution >= 0.6 is 23.2 Å². The lowest BCUT2D eigenvalue weighted by atomic mass is 9.71. The van der Waals surface area contributed by atoms with Crippen molar-refractivity contribution in [1.29, 1.82) is 0 Å². The highest BCUT2D eigenvalue weighted by atomic mass is 35.5. The van der Waals surface area contributed by atoms with Gasteiger partial charge in [-0.25, -0.2) is 0 Å². The van der Waals surface area contributed by atoms with Crippen LogP contribution in [0.4, 0.5) is 0 Å². The van der Waals surface area contributed by atoms with E-state index in [1.165, 1.54) is 0 Å². The van der Waals surface area contributed by atoms with E-state index >= 15 is 0 Å². The Morgan fingerprint density at radius 2 is 1.88 bits per heavy atom. The highest BCUT2D eigenvalue weighted by molar-refractivity contribution is 6.33. The maximum atomic E-state index is 6.58. The van der Waals surface area contributed by atoms with E-state index in [0.717, 1.165) is 29.8 Å². The molecule has 2 N–H and O–H groups in total. The van der Waals surface area contributed by atoms with Crippen molar-refractivity contribution in [3.8, 4) is 0 Å². The maximum absolute atomic E-state index is 6.58. The summed E-state index contributed by atoms with van der Waals surface area (Å²) < 4.78 is 0. The first-order valence-electron chi connectivity index (χ1n) is 5.61. The van der Waals surface area contributed by atoms with Gasteiger partial charge in [-0.2, -0.15) is 0 Å². The van der Waals surface area contributed by atoms with Crippen LogP contribution in [0.15, 0.2) is 18.2 Å². The zero-order valence-corrected chi connectivity index (χ0v) is 11.2. The largest absolute Gasteiger partial charge is 0.321 e. The van der Waals surface area contributed by atoms with Crippen LogP contribution in [0.25, 0.3) is 0 Å². The fourth-order valence-electron chi connectivity index (χ4n) is 2.71. The molecule has 0 radical (unpaired) electrons. The van der Waals surface area contributed by atoms with E-state index < -0.39 is 0 Å². The molecule has 1 fully saturated rings. The number of nitrogens with two attached hydrogens (primary N) is 1. The van der Waals surface area contributed by atoms with Gasteiger partial charge in [-0.1, -0.05) is 43.5 Å². The smallest absolute Gasteiger partial charge is 0.0476 e. The molecule has 0 heterocycles. The minimum Gasteiger partial charge on any atom is -0.321 e. The van der Waals surface area contributed by atoms with Gasteiger partial charge in [0, 0.05) is 15.6 Å². The van der Waals surface area contributed by atoms with Crippen molar-refractivity contribution in [3.63, 3.8) is 0 Å². The second-order valence-corrected chi connectivity index (χ2v) is 6.18. The molecule has 3 heteroatoms. The molecule has 2 rings (SSSR count). The molecule has 0 spiro atoms. The maximum Gasteiger partial charge on any atom is 0.0476 e.